The fourth-order valence-corrected chi connectivity index (χ4v) is 2.95. The highest BCUT2D eigenvalue weighted by molar-refractivity contribution is 5.41. The van der Waals surface area contributed by atoms with Crippen molar-refractivity contribution in [1.82, 2.24) is 15.3 Å². The minimum Gasteiger partial charge on any atom is -0.357 e. The lowest BCUT2D eigenvalue weighted by molar-refractivity contribution is 0.444. The van der Waals surface area contributed by atoms with Crippen LogP contribution in [0.2, 0.25) is 0 Å². The lowest BCUT2D eigenvalue weighted by Crippen LogP contribution is -2.28. The lowest BCUT2D eigenvalue weighted by atomic mass is 9.97. The van der Waals surface area contributed by atoms with Crippen molar-refractivity contribution in [2.75, 3.05) is 31.1 Å². The van der Waals surface area contributed by atoms with Gasteiger partial charge in [-0.3, -0.25) is 0 Å². The van der Waals surface area contributed by atoms with Crippen LogP contribution >= 0.6 is 0 Å². The normalized spacial score (nSPS) is 21.5. The Morgan fingerprint density at radius 1 is 1.17 bits per heavy atom. The zero-order valence-corrected chi connectivity index (χ0v) is 11.2. The predicted octanol–water partition coefficient (Wildman–Crippen LogP) is 1.85. The van der Waals surface area contributed by atoms with Gasteiger partial charge in [0.2, 0.25) is 0 Å². The Morgan fingerprint density at radius 3 is 2.61 bits per heavy atom. The molecule has 1 aromatic rings. The molecule has 0 atom stereocenters. The monoisotopic (exact) mass is 246 g/mol. The van der Waals surface area contributed by atoms with Gasteiger partial charge in [0.25, 0.3) is 0 Å². The van der Waals surface area contributed by atoms with Crippen LogP contribution in [-0.4, -0.2) is 36.1 Å². The summed E-state index contributed by atoms with van der Waals surface area (Å²) in [6.07, 6.45) is 4.93. The van der Waals surface area contributed by atoms with Crippen LogP contribution in [0.4, 0.5) is 5.82 Å². The fraction of sp³-hybridized carbons (Fsp3) is 0.714. The summed E-state index contributed by atoms with van der Waals surface area (Å²) in [6, 6.07) is 2.13. The third kappa shape index (κ3) is 2.48. The number of hydrogen-bond acceptors (Lipinski definition) is 4. The molecule has 0 spiro atoms. The zero-order chi connectivity index (χ0) is 12.4. The molecular formula is C14H22N4. The zero-order valence-electron chi connectivity index (χ0n) is 11.2. The number of nitrogens with zero attached hydrogens (tertiary/aromatic N) is 3. The highest BCUT2D eigenvalue weighted by atomic mass is 15.2. The minimum absolute atomic E-state index is 0.549. The molecule has 0 amide bonds. The maximum absolute atomic E-state index is 4.83. The van der Waals surface area contributed by atoms with Gasteiger partial charge in [-0.05, 0) is 45.7 Å². The van der Waals surface area contributed by atoms with Gasteiger partial charge in [0.15, 0.2) is 0 Å². The molecule has 98 valence electrons. The molecule has 0 aromatic carbocycles. The molecule has 3 heterocycles. The maximum atomic E-state index is 4.83. The van der Waals surface area contributed by atoms with Gasteiger partial charge in [0.1, 0.15) is 11.6 Å². The highest BCUT2D eigenvalue weighted by Gasteiger charge is 2.21. The SMILES string of the molecule is Cc1cc(N2CCCC2)nc(C2CCNCC2)n1. The molecular weight excluding hydrogens is 224 g/mol. The van der Waals surface area contributed by atoms with Gasteiger partial charge in [-0.25, -0.2) is 9.97 Å². The number of hydrogen-bond donors (Lipinski definition) is 1. The fourth-order valence-electron chi connectivity index (χ4n) is 2.95. The van der Waals surface area contributed by atoms with Crippen LogP contribution < -0.4 is 10.2 Å². The highest BCUT2D eigenvalue weighted by Crippen LogP contribution is 2.25. The Hall–Kier alpha value is -1.16. The molecule has 0 aliphatic carbocycles. The van der Waals surface area contributed by atoms with Gasteiger partial charge in [-0.2, -0.15) is 0 Å². The molecule has 2 aliphatic heterocycles. The first-order chi connectivity index (χ1) is 8.83. The molecule has 1 aromatic heterocycles. The largest absolute Gasteiger partial charge is 0.357 e. The van der Waals surface area contributed by atoms with E-state index in [9.17, 15) is 0 Å². The maximum Gasteiger partial charge on any atom is 0.134 e. The number of rotatable bonds is 2. The van der Waals surface area contributed by atoms with Crippen molar-refractivity contribution in [2.45, 2.75) is 38.5 Å². The van der Waals surface area contributed by atoms with E-state index in [-0.39, 0.29) is 0 Å². The summed E-state index contributed by atoms with van der Waals surface area (Å²) >= 11 is 0. The summed E-state index contributed by atoms with van der Waals surface area (Å²) in [5.74, 6) is 2.76. The van der Waals surface area contributed by atoms with E-state index < -0.39 is 0 Å². The molecule has 2 saturated heterocycles. The van der Waals surface area contributed by atoms with Gasteiger partial charge in [0.05, 0.1) is 0 Å². The summed E-state index contributed by atoms with van der Waals surface area (Å²) in [5.41, 5.74) is 1.11. The molecule has 1 N–H and O–H groups in total. The second-order valence-electron chi connectivity index (χ2n) is 5.44. The number of piperidine rings is 1. The van der Waals surface area contributed by atoms with E-state index in [1.165, 1.54) is 25.7 Å². The van der Waals surface area contributed by atoms with E-state index in [0.717, 1.165) is 43.5 Å². The van der Waals surface area contributed by atoms with Crippen molar-refractivity contribution in [3.63, 3.8) is 0 Å². The van der Waals surface area contributed by atoms with Crippen LogP contribution in [0.25, 0.3) is 0 Å². The first kappa shape index (κ1) is 11.9. The molecule has 2 aliphatic rings. The lowest BCUT2D eigenvalue weighted by Gasteiger charge is -2.23. The number of aryl methyl sites for hydroxylation is 1. The smallest absolute Gasteiger partial charge is 0.134 e. The van der Waals surface area contributed by atoms with Crippen LogP contribution in [0.5, 0.6) is 0 Å². The molecule has 2 fully saturated rings. The van der Waals surface area contributed by atoms with Gasteiger partial charge in [-0.15, -0.1) is 0 Å². The van der Waals surface area contributed by atoms with E-state index in [4.69, 9.17) is 4.98 Å². The second kappa shape index (κ2) is 5.22. The standard InChI is InChI=1S/C14H22N4/c1-11-10-13(18-8-2-3-9-18)17-14(16-11)12-4-6-15-7-5-12/h10,12,15H,2-9H2,1H3. The Labute approximate surface area is 109 Å². The van der Waals surface area contributed by atoms with Gasteiger partial charge in [0, 0.05) is 30.8 Å². The third-order valence-electron chi connectivity index (χ3n) is 3.99. The van der Waals surface area contributed by atoms with Crippen LogP contribution in [0.1, 0.15) is 43.1 Å². The number of anilines is 1. The molecule has 0 radical (unpaired) electrons. The Morgan fingerprint density at radius 2 is 1.89 bits per heavy atom. The number of nitrogens with one attached hydrogen (secondary N) is 1. The Kier molecular flexibility index (Phi) is 3.46. The summed E-state index contributed by atoms with van der Waals surface area (Å²) in [6.45, 7) is 6.60. The van der Waals surface area contributed by atoms with E-state index in [0.29, 0.717) is 5.92 Å². The number of aromatic nitrogens is 2. The second-order valence-corrected chi connectivity index (χ2v) is 5.44. The van der Waals surface area contributed by atoms with Gasteiger partial charge >= 0.3 is 0 Å². The van der Waals surface area contributed by atoms with E-state index >= 15 is 0 Å². The van der Waals surface area contributed by atoms with Crippen molar-refractivity contribution in [2.24, 2.45) is 0 Å². The van der Waals surface area contributed by atoms with Crippen LogP contribution in [0, 0.1) is 6.92 Å². The van der Waals surface area contributed by atoms with E-state index in [1.807, 2.05) is 0 Å². The van der Waals surface area contributed by atoms with Crippen LogP contribution in [-0.2, 0) is 0 Å². The molecule has 4 heteroatoms. The first-order valence-electron chi connectivity index (χ1n) is 7.14. The molecule has 4 nitrogen and oxygen atoms in total. The molecule has 18 heavy (non-hydrogen) atoms. The van der Waals surface area contributed by atoms with Crippen LogP contribution in [0.15, 0.2) is 6.07 Å². The van der Waals surface area contributed by atoms with Gasteiger partial charge in [-0.1, -0.05) is 0 Å². The first-order valence-corrected chi connectivity index (χ1v) is 7.14. The van der Waals surface area contributed by atoms with Gasteiger partial charge < -0.3 is 10.2 Å². The minimum atomic E-state index is 0.549. The quantitative estimate of drug-likeness (QED) is 0.864. The van der Waals surface area contributed by atoms with Crippen molar-refractivity contribution < 1.29 is 0 Å². The van der Waals surface area contributed by atoms with Crippen molar-refractivity contribution in [1.29, 1.82) is 0 Å². The average molecular weight is 246 g/mol. The Balaban J connectivity index is 1.84. The molecule has 0 unspecified atom stereocenters. The van der Waals surface area contributed by atoms with E-state index in [1.54, 1.807) is 0 Å². The summed E-state index contributed by atoms with van der Waals surface area (Å²) in [5, 5.41) is 3.40. The topological polar surface area (TPSA) is 41.1 Å². The predicted molar refractivity (Wildman–Crippen MR) is 73.1 cm³/mol. The van der Waals surface area contributed by atoms with Crippen LogP contribution in [0.3, 0.4) is 0 Å². The van der Waals surface area contributed by atoms with Crippen molar-refractivity contribution in [3.05, 3.63) is 17.6 Å². The molecule has 0 saturated carbocycles. The summed E-state index contributed by atoms with van der Waals surface area (Å²) in [7, 11) is 0. The summed E-state index contributed by atoms with van der Waals surface area (Å²) in [4.78, 5) is 11.9. The van der Waals surface area contributed by atoms with E-state index in [2.05, 4.69) is 28.2 Å². The molecule has 0 bridgehead atoms. The Bertz CT molecular complexity index is 406. The summed E-state index contributed by atoms with van der Waals surface area (Å²) < 4.78 is 0. The van der Waals surface area contributed by atoms with Crippen molar-refractivity contribution >= 4 is 5.82 Å². The average Bonchev–Trinajstić information content (AvgIpc) is 2.93. The van der Waals surface area contributed by atoms with Crippen molar-refractivity contribution in [3.8, 4) is 0 Å². The molecule has 3 rings (SSSR count). The third-order valence-corrected chi connectivity index (χ3v) is 3.99.